The van der Waals surface area contributed by atoms with E-state index in [0.29, 0.717) is 38.6 Å². The fourth-order valence-electron chi connectivity index (χ4n) is 3.53. The maximum atomic E-state index is 12.9. The first kappa shape index (κ1) is 21.0. The summed E-state index contributed by atoms with van der Waals surface area (Å²) in [4.78, 5) is 15.0. The summed E-state index contributed by atoms with van der Waals surface area (Å²) in [5.41, 5.74) is 0.238. The Kier molecular flexibility index (Phi) is 7.28. The Labute approximate surface area is 166 Å². The predicted molar refractivity (Wildman–Crippen MR) is 105 cm³/mol. The Morgan fingerprint density at radius 2 is 1.86 bits per heavy atom. The number of nitrogens with zero attached hydrogens (tertiary/aromatic N) is 2. The van der Waals surface area contributed by atoms with Crippen molar-refractivity contribution in [2.24, 2.45) is 0 Å². The van der Waals surface area contributed by atoms with Gasteiger partial charge in [0.25, 0.3) is 5.91 Å². The highest BCUT2D eigenvalue weighted by molar-refractivity contribution is 7.89. The van der Waals surface area contributed by atoms with Crippen LogP contribution in [0.3, 0.4) is 0 Å². The molecule has 9 heteroatoms. The molecule has 2 aliphatic rings. The Morgan fingerprint density at radius 3 is 2.54 bits per heavy atom. The van der Waals surface area contributed by atoms with Crippen LogP contribution in [0.15, 0.2) is 23.1 Å². The van der Waals surface area contributed by atoms with Crippen molar-refractivity contribution in [2.45, 2.75) is 24.2 Å². The summed E-state index contributed by atoms with van der Waals surface area (Å²) in [6.07, 6.45) is 2.78. The minimum absolute atomic E-state index is 0.133. The monoisotopic (exact) mass is 411 g/mol. The molecular weight excluding hydrogens is 382 g/mol. The van der Waals surface area contributed by atoms with E-state index in [4.69, 9.17) is 9.47 Å². The first-order valence-electron chi connectivity index (χ1n) is 9.79. The minimum Gasteiger partial charge on any atom is -0.496 e. The lowest BCUT2D eigenvalue weighted by molar-refractivity contribution is 0.0383. The first-order valence-corrected chi connectivity index (χ1v) is 11.2. The molecule has 28 heavy (non-hydrogen) atoms. The summed E-state index contributed by atoms with van der Waals surface area (Å²) in [7, 11) is -2.13. The van der Waals surface area contributed by atoms with Crippen molar-refractivity contribution in [3.63, 3.8) is 0 Å². The summed E-state index contributed by atoms with van der Waals surface area (Å²) in [5, 5.41) is 2.87. The van der Waals surface area contributed by atoms with Crippen LogP contribution in [0.4, 0.5) is 0 Å². The smallest absolute Gasteiger partial charge is 0.255 e. The highest BCUT2D eigenvalue weighted by atomic mass is 32.2. The van der Waals surface area contributed by atoms with Gasteiger partial charge in [0, 0.05) is 39.3 Å². The number of piperidine rings is 1. The van der Waals surface area contributed by atoms with Gasteiger partial charge in [-0.05, 0) is 31.0 Å². The number of nitrogens with one attached hydrogen (secondary N) is 1. The molecule has 0 unspecified atom stereocenters. The number of benzene rings is 1. The maximum Gasteiger partial charge on any atom is 0.255 e. The van der Waals surface area contributed by atoms with Crippen LogP contribution < -0.4 is 10.1 Å². The average Bonchev–Trinajstić information content (AvgIpc) is 2.74. The van der Waals surface area contributed by atoms with Crippen molar-refractivity contribution >= 4 is 15.9 Å². The largest absolute Gasteiger partial charge is 0.496 e. The van der Waals surface area contributed by atoms with Crippen LogP contribution in [0, 0.1) is 0 Å². The molecular formula is C19H29N3O5S. The molecule has 1 aromatic carbocycles. The molecule has 2 heterocycles. The molecule has 0 radical (unpaired) electrons. The van der Waals surface area contributed by atoms with Crippen molar-refractivity contribution < 1.29 is 22.7 Å². The molecule has 2 saturated heterocycles. The summed E-state index contributed by atoms with van der Waals surface area (Å²) >= 11 is 0. The number of carbonyl (C=O) groups excluding carboxylic acids is 1. The van der Waals surface area contributed by atoms with Gasteiger partial charge in [0.2, 0.25) is 10.0 Å². The molecule has 0 bridgehead atoms. The van der Waals surface area contributed by atoms with Gasteiger partial charge >= 0.3 is 0 Å². The molecule has 3 rings (SSSR count). The molecule has 2 fully saturated rings. The average molecular weight is 412 g/mol. The molecule has 1 N–H and O–H groups in total. The number of methoxy groups -OCH3 is 1. The lowest BCUT2D eigenvalue weighted by atomic mass is 10.2. The number of hydrogen-bond acceptors (Lipinski definition) is 6. The van der Waals surface area contributed by atoms with Gasteiger partial charge in [-0.15, -0.1) is 0 Å². The summed E-state index contributed by atoms with van der Waals surface area (Å²) in [6.45, 7) is 5.36. The van der Waals surface area contributed by atoms with Crippen molar-refractivity contribution in [3.8, 4) is 5.75 Å². The van der Waals surface area contributed by atoms with Crippen LogP contribution in [0.1, 0.15) is 29.6 Å². The quantitative estimate of drug-likeness (QED) is 0.718. The molecule has 1 aromatic rings. The molecule has 156 valence electrons. The molecule has 1 amide bonds. The van der Waals surface area contributed by atoms with E-state index in [9.17, 15) is 13.2 Å². The number of sulfonamides is 1. The zero-order chi connectivity index (χ0) is 20.0. The first-order chi connectivity index (χ1) is 13.5. The van der Waals surface area contributed by atoms with Gasteiger partial charge in [0.05, 0.1) is 30.8 Å². The van der Waals surface area contributed by atoms with Gasteiger partial charge in [-0.3, -0.25) is 9.69 Å². The number of ether oxygens (including phenoxy) is 2. The summed E-state index contributed by atoms with van der Waals surface area (Å²) < 4.78 is 37.9. The van der Waals surface area contributed by atoms with Gasteiger partial charge in [0.15, 0.2) is 0 Å². The van der Waals surface area contributed by atoms with Crippen molar-refractivity contribution in [2.75, 3.05) is 59.6 Å². The fraction of sp³-hybridized carbons (Fsp3) is 0.632. The Hall–Kier alpha value is -1.68. The van der Waals surface area contributed by atoms with E-state index in [1.165, 1.54) is 23.5 Å². The van der Waals surface area contributed by atoms with Crippen LogP contribution in [0.25, 0.3) is 0 Å². The van der Waals surface area contributed by atoms with Crippen LogP contribution in [-0.2, 0) is 14.8 Å². The highest BCUT2D eigenvalue weighted by Crippen LogP contribution is 2.26. The highest BCUT2D eigenvalue weighted by Gasteiger charge is 2.27. The topological polar surface area (TPSA) is 88.2 Å². The third-order valence-corrected chi connectivity index (χ3v) is 7.08. The fourth-order valence-corrected chi connectivity index (χ4v) is 5.07. The van der Waals surface area contributed by atoms with E-state index in [0.717, 1.165) is 38.9 Å². The zero-order valence-electron chi connectivity index (χ0n) is 16.4. The number of morpholine rings is 1. The predicted octanol–water partition coefficient (Wildman–Crippen LogP) is 0.932. The van der Waals surface area contributed by atoms with Gasteiger partial charge in [-0.1, -0.05) is 6.42 Å². The zero-order valence-corrected chi connectivity index (χ0v) is 17.2. The minimum atomic E-state index is -3.61. The van der Waals surface area contributed by atoms with Crippen LogP contribution >= 0.6 is 0 Å². The molecule has 0 aliphatic carbocycles. The number of carbonyl (C=O) groups is 1. The third-order valence-electron chi connectivity index (χ3n) is 5.19. The molecule has 8 nitrogen and oxygen atoms in total. The maximum absolute atomic E-state index is 12.9. The van der Waals surface area contributed by atoms with Gasteiger partial charge in [0.1, 0.15) is 5.75 Å². The second-order valence-electron chi connectivity index (χ2n) is 7.04. The third kappa shape index (κ3) is 5.02. The Morgan fingerprint density at radius 1 is 1.14 bits per heavy atom. The molecule has 0 atom stereocenters. The van der Waals surface area contributed by atoms with Crippen LogP contribution in [-0.4, -0.2) is 83.1 Å². The van der Waals surface area contributed by atoms with Crippen molar-refractivity contribution in [3.05, 3.63) is 23.8 Å². The van der Waals surface area contributed by atoms with E-state index in [2.05, 4.69) is 10.2 Å². The van der Waals surface area contributed by atoms with E-state index in [1.54, 1.807) is 6.07 Å². The van der Waals surface area contributed by atoms with Gasteiger partial charge in [-0.2, -0.15) is 4.31 Å². The lowest BCUT2D eigenvalue weighted by Gasteiger charge is -2.26. The van der Waals surface area contributed by atoms with Gasteiger partial charge < -0.3 is 14.8 Å². The molecule has 0 saturated carbocycles. The molecule has 0 aromatic heterocycles. The summed E-state index contributed by atoms with van der Waals surface area (Å²) in [6, 6.07) is 4.48. The van der Waals surface area contributed by atoms with Crippen molar-refractivity contribution in [1.82, 2.24) is 14.5 Å². The second kappa shape index (κ2) is 9.69. The van der Waals surface area contributed by atoms with Crippen LogP contribution in [0.2, 0.25) is 0 Å². The second-order valence-corrected chi connectivity index (χ2v) is 8.97. The SMILES string of the molecule is COc1ccc(S(=O)(=O)N2CCCCC2)cc1C(=O)NCCN1CCOCC1. The Balaban J connectivity index is 1.70. The van der Waals surface area contributed by atoms with Gasteiger partial charge in [-0.25, -0.2) is 8.42 Å². The lowest BCUT2D eigenvalue weighted by Crippen LogP contribution is -2.41. The summed E-state index contributed by atoms with van der Waals surface area (Å²) in [5.74, 6) is 0.0299. The number of rotatable bonds is 7. The van der Waals surface area contributed by atoms with Crippen molar-refractivity contribution in [1.29, 1.82) is 0 Å². The number of hydrogen-bond donors (Lipinski definition) is 1. The van der Waals surface area contributed by atoms with E-state index < -0.39 is 10.0 Å². The van der Waals surface area contributed by atoms with E-state index >= 15 is 0 Å². The number of amides is 1. The van der Waals surface area contributed by atoms with E-state index in [-0.39, 0.29) is 16.4 Å². The Bertz CT molecular complexity index is 772. The normalized spacial score (nSPS) is 19.3. The molecule has 2 aliphatic heterocycles. The van der Waals surface area contributed by atoms with E-state index in [1.807, 2.05) is 0 Å². The molecule has 0 spiro atoms. The van der Waals surface area contributed by atoms with Crippen LogP contribution in [0.5, 0.6) is 5.75 Å². The standard InChI is InChI=1S/C19H29N3O5S/c1-26-18-6-5-16(28(24,25)22-8-3-2-4-9-22)15-17(18)19(23)20-7-10-21-11-13-27-14-12-21/h5-6,15H,2-4,7-14H2,1H3,(H,20,23).